The van der Waals surface area contributed by atoms with E-state index in [1.807, 2.05) is 0 Å². The zero-order valence-electron chi connectivity index (χ0n) is 8.42. The van der Waals surface area contributed by atoms with E-state index >= 15 is 0 Å². The molecule has 0 aliphatic rings. The lowest BCUT2D eigenvalue weighted by Gasteiger charge is -2.24. The second kappa shape index (κ2) is 4.80. The maximum atomic E-state index is 11.5. The van der Waals surface area contributed by atoms with Gasteiger partial charge < -0.3 is 4.74 Å². The highest BCUT2D eigenvalue weighted by Gasteiger charge is 2.41. The molecule has 0 saturated heterocycles. The molecule has 13 heavy (non-hydrogen) atoms. The Morgan fingerprint density at radius 1 is 1.38 bits per heavy atom. The number of rotatable bonds is 5. The summed E-state index contributed by atoms with van der Waals surface area (Å²) in [5, 5.41) is 0. The molecule has 0 N–H and O–H groups in total. The predicted molar refractivity (Wildman–Crippen MR) is 50.0 cm³/mol. The molecule has 3 nitrogen and oxygen atoms in total. The van der Waals surface area contributed by atoms with Crippen molar-refractivity contribution in [3.05, 3.63) is 12.8 Å². The smallest absolute Gasteiger partial charge is 0.324 e. The summed E-state index contributed by atoms with van der Waals surface area (Å²) < 4.78 is 4.65. The van der Waals surface area contributed by atoms with Crippen LogP contribution in [0.25, 0.3) is 0 Å². The molecule has 0 aliphatic heterocycles. The molecular weight excluding hydrogens is 168 g/mol. The van der Waals surface area contributed by atoms with Crippen molar-refractivity contribution in [3.63, 3.8) is 0 Å². The fraction of sp³-hybridized carbons (Fsp3) is 0.600. The van der Waals surface area contributed by atoms with Gasteiger partial charge in [0, 0.05) is 0 Å². The first kappa shape index (κ1) is 11.9. The van der Waals surface area contributed by atoms with Crippen LogP contribution in [0, 0.1) is 5.41 Å². The third-order valence-corrected chi connectivity index (χ3v) is 2.46. The fourth-order valence-electron chi connectivity index (χ4n) is 1.37. The van der Waals surface area contributed by atoms with E-state index in [1.54, 1.807) is 13.8 Å². The van der Waals surface area contributed by atoms with Gasteiger partial charge in [-0.05, 0) is 19.8 Å². The molecule has 0 unspecified atom stereocenters. The number of carbonyl (C=O) groups is 2. The molecule has 0 aromatic rings. The van der Waals surface area contributed by atoms with Gasteiger partial charge in [-0.2, -0.15) is 0 Å². The predicted octanol–water partition coefficient (Wildman–Crippen LogP) is 2.07. The Kier molecular flexibility index (Phi) is 4.38. The molecule has 0 rings (SSSR count). The van der Waals surface area contributed by atoms with Crippen LogP contribution in [0.3, 0.4) is 0 Å². The van der Waals surface area contributed by atoms with Gasteiger partial charge in [-0.15, -0.1) is 0 Å². The van der Waals surface area contributed by atoms with Crippen LogP contribution in [-0.4, -0.2) is 11.8 Å². The van der Waals surface area contributed by atoms with Crippen molar-refractivity contribution < 1.29 is 14.3 Å². The molecule has 74 valence electrons. The minimum atomic E-state index is -0.978. The highest BCUT2D eigenvalue weighted by atomic mass is 16.5. The molecule has 0 aromatic heterocycles. The molecule has 0 heterocycles. The number of esters is 1. The second-order valence-corrected chi connectivity index (χ2v) is 2.92. The highest BCUT2D eigenvalue weighted by molar-refractivity contribution is 6.02. The van der Waals surface area contributed by atoms with Crippen LogP contribution in [0.15, 0.2) is 12.8 Å². The van der Waals surface area contributed by atoms with E-state index in [9.17, 15) is 9.59 Å². The summed E-state index contributed by atoms with van der Waals surface area (Å²) in [4.78, 5) is 22.8. The van der Waals surface area contributed by atoms with E-state index in [0.29, 0.717) is 12.8 Å². The number of Topliss-reactive ketones (excluding diaryl/α,β-unsaturated/α-hetero) is 1. The van der Waals surface area contributed by atoms with Crippen molar-refractivity contribution in [3.8, 4) is 0 Å². The maximum Gasteiger partial charge on any atom is 0.324 e. The highest BCUT2D eigenvalue weighted by Crippen LogP contribution is 2.29. The van der Waals surface area contributed by atoms with Crippen molar-refractivity contribution >= 4 is 11.8 Å². The van der Waals surface area contributed by atoms with E-state index < -0.39 is 11.4 Å². The average molecular weight is 184 g/mol. The molecule has 0 spiro atoms. The third kappa shape index (κ3) is 2.17. The van der Waals surface area contributed by atoms with Gasteiger partial charge >= 0.3 is 5.97 Å². The molecule has 0 radical (unpaired) electrons. The number of carbonyl (C=O) groups excluding carboxylic acids is 2. The second-order valence-electron chi connectivity index (χ2n) is 2.92. The largest absolute Gasteiger partial charge is 0.434 e. The standard InChI is InChI=1S/C10H16O3/c1-5-10(6-2,8(4)11)9(12)13-7-3/h7H,3,5-6H2,1-2,4H3. The van der Waals surface area contributed by atoms with E-state index in [2.05, 4.69) is 11.3 Å². The first-order valence-electron chi connectivity index (χ1n) is 4.38. The average Bonchev–Trinajstić information content (AvgIpc) is 2.07. The number of ether oxygens (including phenoxy) is 1. The molecule has 0 saturated carbocycles. The lowest BCUT2D eigenvalue weighted by molar-refractivity contribution is -0.155. The van der Waals surface area contributed by atoms with Crippen LogP contribution in [0.1, 0.15) is 33.6 Å². The van der Waals surface area contributed by atoms with Crippen LogP contribution in [-0.2, 0) is 14.3 Å². The van der Waals surface area contributed by atoms with Crippen LogP contribution >= 0.6 is 0 Å². The quantitative estimate of drug-likeness (QED) is 0.373. The monoisotopic (exact) mass is 184 g/mol. The van der Waals surface area contributed by atoms with Gasteiger partial charge in [0.25, 0.3) is 0 Å². The fourth-order valence-corrected chi connectivity index (χ4v) is 1.37. The third-order valence-electron chi connectivity index (χ3n) is 2.46. The minimum Gasteiger partial charge on any atom is -0.434 e. The summed E-state index contributed by atoms with van der Waals surface area (Å²) in [6.45, 7) is 8.30. The molecule has 0 fully saturated rings. The normalized spacial score (nSPS) is 10.7. The summed E-state index contributed by atoms with van der Waals surface area (Å²) >= 11 is 0. The maximum absolute atomic E-state index is 11.5. The Bertz CT molecular complexity index is 214. The van der Waals surface area contributed by atoms with Crippen LogP contribution in [0.2, 0.25) is 0 Å². The summed E-state index contributed by atoms with van der Waals surface area (Å²) in [5.41, 5.74) is -0.978. The summed E-state index contributed by atoms with van der Waals surface area (Å²) in [7, 11) is 0. The van der Waals surface area contributed by atoms with Gasteiger partial charge in [-0.3, -0.25) is 9.59 Å². The first-order chi connectivity index (χ1) is 6.05. The Morgan fingerprint density at radius 3 is 2.08 bits per heavy atom. The molecule has 3 heteroatoms. The Hall–Kier alpha value is -1.12. The van der Waals surface area contributed by atoms with E-state index in [4.69, 9.17) is 0 Å². The van der Waals surface area contributed by atoms with E-state index in [-0.39, 0.29) is 5.78 Å². The number of ketones is 1. The number of hydrogen-bond acceptors (Lipinski definition) is 3. The zero-order chi connectivity index (χ0) is 10.5. The van der Waals surface area contributed by atoms with Gasteiger partial charge in [-0.25, -0.2) is 0 Å². The molecular formula is C10H16O3. The molecule has 0 bridgehead atoms. The van der Waals surface area contributed by atoms with Gasteiger partial charge in [0.15, 0.2) is 0 Å². The topological polar surface area (TPSA) is 43.4 Å². The van der Waals surface area contributed by atoms with Gasteiger partial charge in [-0.1, -0.05) is 20.4 Å². The van der Waals surface area contributed by atoms with Gasteiger partial charge in [0.2, 0.25) is 0 Å². The Balaban J connectivity index is 4.85. The van der Waals surface area contributed by atoms with Crippen molar-refractivity contribution in [1.29, 1.82) is 0 Å². The van der Waals surface area contributed by atoms with Crippen molar-refractivity contribution in [2.75, 3.05) is 0 Å². The molecule has 0 atom stereocenters. The Labute approximate surface area is 78.8 Å². The van der Waals surface area contributed by atoms with Crippen LogP contribution < -0.4 is 0 Å². The van der Waals surface area contributed by atoms with Crippen molar-refractivity contribution in [2.24, 2.45) is 5.41 Å². The lowest BCUT2D eigenvalue weighted by atomic mass is 9.79. The summed E-state index contributed by atoms with van der Waals surface area (Å²) in [6.07, 6.45) is 1.99. The zero-order valence-corrected chi connectivity index (χ0v) is 8.42. The molecule has 0 amide bonds. The molecule has 0 aromatic carbocycles. The summed E-state index contributed by atoms with van der Waals surface area (Å²) in [5.74, 6) is -0.649. The van der Waals surface area contributed by atoms with Crippen LogP contribution in [0.4, 0.5) is 0 Å². The van der Waals surface area contributed by atoms with Crippen molar-refractivity contribution in [2.45, 2.75) is 33.6 Å². The molecule has 0 aliphatic carbocycles. The lowest BCUT2D eigenvalue weighted by Crippen LogP contribution is -2.37. The summed E-state index contributed by atoms with van der Waals surface area (Å²) in [6, 6.07) is 0. The SMILES string of the molecule is C=COC(=O)C(CC)(CC)C(C)=O. The van der Waals surface area contributed by atoms with E-state index in [1.165, 1.54) is 6.92 Å². The van der Waals surface area contributed by atoms with Gasteiger partial charge in [0.05, 0.1) is 6.26 Å². The van der Waals surface area contributed by atoms with E-state index in [0.717, 1.165) is 6.26 Å². The first-order valence-corrected chi connectivity index (χ1v) is 4.38. The van der Waals surface area contributed by atoms with Crippen LogP contribution in [0.5, 0.6) is 0 Å². The number of hydrogen-bond donors (Lipinski definition) is 0. The Morgan fingerprint density at radius 2 is 1.85 bits per heavy atom. The van der Waals surface area contributed by atoms with Crippen molar-refractivity contribution in [1.82, 2.24) is 0 Å². The van der Waals surface area contributed by atoms with Gasteiger partial charge in [0.1, 0.15) is 11.2 Å². The minimum absolute atomic E-state index is 0.149.